The SMILES string of the molecule is COc1ccc(CN(Cc2ccc(OC)cc2OC)S(=O)(=O)c2cc(NC(=O)c3ccc(CC4CC4)nc3N3CCCC(F)(F)CC3)ccn2)c(OC)c1. The van der Waals surface area contributed by atoms with E-state index >= 15 is 0 Å². The van der Waals surface area contributed by atoms with Gasteiger partial charge in [-0.25, -0.2) is 27.2 Å². The first-order chi connectivity index (χ1) is 25.9. The Hall–Kier alpha value is -5.02. The smallest absolute Gasteiger partial charge is 0.261 e. The number of methoxy groups -OCH3 is 4. The predicted molar refractivity (Wildman–Crippen MR) is 199 cm³/mol. The molecule has 1 aliphatic carbocycles. The highest BCUT2D eigenvalue weighted by Crippen LogP contribution is 2.35. The fraction of sp³-hybridized carbons (Fsp3) is 0.410. The standard InChI is InChI=1S/C39H45F2N5O7S/c1-50-31-11-8-27(34(22-31)52-3)24-46(25-28-9-12-32(51-2)23-35(28)53-4)54(48,49)36-21-30(14-17-42-36)44-38(47)33-13-10-29(20-26-6-7-26)43-37(33)45-18-5-15-39(40,41)16-19-45/h8-14,17,21-23,26H,5-7,15-16,18-20,24-25H2,1-4H3,(H,42,44,47). The minimum Gasteiger partial charge on any atom is -0.497 e. The second-order valence-electron chi connectivity index (χ2n) is 13.5. The maximum absolute atomic E-state index is 14.5. The largest absolute Gasteiger partial charge is 0.497 e. The molecular formula is C39H45F2N5O7S. The number of carbonyl (C=O) groups excluding carboxylic acids is 1. The van der Waals surface area contributed by atoms with Gasteiger partial charge in [0, 0.05) is 85.9 Å². The van der Waals surface area contributed by atoms with Crippen molar-refractivity contribution in [2.75, 3.05) is 51.7 Å². The van der Waals surface area contributed by atoms with E-state index in [4.69, 9.17) is 23.9 Å². The number of pyridine rings is 2. The molecule has 2 fully saturated rings. The van der Waals surface area contributed by atoms with Gasteiger partial charge in [-0.2, -0.15) is 4.31 Å². The van der Waals surface area contributed by atoms with Crippen LogP contribution in [0.1, 0.15) is 59.3 Å². The number of sulfonamides is 1. The van der Waals surface area contributed by atoms with Crippen molar-refractivity contribution in [3.05, 3.63) is 89.2 Å². The predicted octanol–water partition coefficient (Wildman–Crippen LogP) is 6.73. The Bertz CT molecular complexity index is 2020. The lowest BCUT2D eigenvalue weighted by Gasteiger charge is -2.25. The van der Waals surface area contributed by atoms with Crippen LogP contribution in [0.5, 0.6) is 23.0 Å². The monoisotopic (exact) mass is 765 g/mol. The molecule has 0 atom stereocenters. The number of hydrogen-bond acceptors (Lipinski definition) is 10. The third-order valence-corrected chi connectivity index (χ3v) is 11.4. The van der Waals surface area contributed by atoms with E-state index in [1.807, 2.05) is 0 Å². The minimum atomic E-state index is -4.35. The van der Waals surface area contributed by atoms with Crippen molar-refractivity contribution in [1.82, 2.24) is 14.3 Å². The van der Waals surface area contributed by atoms with Crippen molar-refractivity contribution in [2.45, 2.75) is 62.6 Å². The number of anilines is 2. The molecule has 1 amide bonds. The van der Waals surface area contributed by atoms with Crippen LogP contribution >= 0.6 is 0 Å². The molecule has 1 saturated carbocycles. The number of halogens is 2. The fourth-order valence-electron chi connectivity index (χ4n) is 6.44. The highest BCUT2D eigenvalue weighted by atomic mass is 32.2. The Morgan fingerprint density at radius 3 is 2.11 bits per heavy atom. The first-order valence-corrected chi connectivity index (χ1v) is 19.2. The molecule has 288 valence electrons. The normalized spacial score (nSPS) is 15.7. The van der Waals surface area contributed by atoms with Gasteiger partial charge in [0.25, 0.3) is 15.9 Å². The van der Waals surface area contributed by atoms with Crippen molar-refractivity contribution >= 4 is 27.4 Å². The summed E-state index contributed by atoms with van der Waals surface area (Å²) in [5.74, 6) is -0.536. The average Bonchev–Trinajstić information content (AvgIpc) is 4.01. The lowest BCUT2D eigenvalue weighted by molar-refractivity contribution is -0.0102. The third-order valence-electron chi connectivity index (χ3n) is 9.67. The topological polar surface area (TPSA) is 132 Å². The lowest BCUT2D eigenvalue weighted by Crippen LogP contribution is -2.31. The van der Waals surface area contributed by atoms with E-state index in [9.17, 15) is 22.0 Å². The first kappa shape index (κ1) is 38.7. The number of alkyl halides is 2. The van der Waals surface area contributed by atoms with Crippen LogP contribution in [-0.2, 0) is 29.5 Å². The summed E-state index contributed by atoms with van der Waals surface area (Å²) >= 11 is 0. The van der Waals surface area contributed by atoms with Gasteiger partial charge in [0.2, 0.25) is 5.92 Å². The van der Waals surface area contributed by atoms with Crippen molar-refractivity contribution in [3.8, 4) is 23.0 Å². The van der Waals surface area contributed by atoms with Crippen LogP contribution in [0, 0.1) is 5.92 Å². The Labute approximate surface area is 314 Å². The molecule has 0 radical (unpaired) electrons. The van der Waals surface area contributed by atoms with Crippen molar-refractivity contribution in [2.24, 2.45) is 5.92 Å². The van der Waals surface area contributed by atoms with Crippen LogP contribution in [0.15, 0.2) is 71.9 Å². The summed E-state index contributed by atoms with van der Waals surface area (Å²) in [6.45, 7) is 0.167. The highest BCUT2D eigenvalue weighted by molar-refractivity contribution is 7.89. The van der Waals surface area contributed by atoms with Gasteiger partial charge in [-0.1, -0.05) is 12.1 Å². The molecule has 1 saturated heterocycles. The molecule has 0 spiro atoms. The molecule has 1 aliphatic heterocycles. The summed E-state index contributed by atoms with van der Waals surface area (Å²) in [5.41, 5.74) is 2.32. The summed E-state index contributed by atoms with van der Waals surface area (Å²) in [6, 6.07) is 16.5. The van der Waals surface area contributed by atoms with E-state index in [1.54, 1.807) is 53.4 Å². The van der Waals surface area contributed by atoms with Crippen LogP contribution in [0.25, 0.3) is 0 Å². The van der Waals surface area contributed by atoms with E-state index in [-0.39, 0.29) is 55.2 Å². The molecule has 2 aromatic heterocycles. The summed E-state index contributed by atoms with van der Waals surface area (Å²) in [5, 5.41) is 2.50. The first-order valence-electron chi connectivity index (χ1n) is 17.7. The van der Waals surface area contributed by atoms with Crippen molar-refractivity contribution in [3.63, 3.8) is 0 Å². The Kier molecular flexibility index (Phi) is 11.9. The van der Waals surface area contributed by atoms with Gasteiger partial charge >= 0.3 is 0 Å². The molecule has 4 aromatic rings. The van der Waals surface area contributed by atoms with Crippen LogP contribution < -0.4 is 29.2 Å². The van der Waals surface area contributed by atoms with Gasteiger partial charge in [0.1, 0.15) is 28.8 Å². The van der Waals surface area contributed by atoms with Gasteiger partial charge in [-0.3, -0.25) is 4.79 Å². The lowest BCUT2D eigenvalue weighted by atomic mass is 10.1. The number of ether oxygens (including phenoxy) is 4. The zero-order valence-corrected chi connectivity index (χ0v) is 31.6. The summed E-state index contributed by atoms with van der Waals surface area (Å²) in [4.78, 5) is 24.7. The van der Waals surface area contributed by atoms with Crippen LogP contribution in [0.4, 0.5) is 20.3 Å². The zero-order chi connectivity index (χ0) is 38.5. The molecular weight excluding hydrogens is 721 g/mol. The Morgan fingerprint density at radius 1 is 0.870 bits per heavy atom. The van der Waals surface area contributed by atoms with E-state index in [2.05, 4.69) is 10.3 Å². The zero-order valence-electron chi connectivity index (χ0n) is 30.8. The van der Waals surface area contributed by atoms with E-state index in [0.29, 0.717) is 52.4 Å². The highest BCUT2D eigenvalue weighted by Gasteiger charge is 2.34. The Morgan fingerprint density at radius 2 is 1.52 bits per heavy atom. The summed E-state index contributed by atoms with van der Waals surface area (Å²) < 4.78 is 80.8. The number of aromatic nitrogens is 2. The number of benzene rings is 2. The number of carbonyl (C=O) groups is 1. The van der Waals surface area contributed by atoms with Crippen molar-refractivity contribution in [1.29, 1.82) is 0 Å². The molecule has 0 unspecified atom stereocenters. The third kappa shape index (κ3) is 9.19. The molecule has 54 heavy (non-hydrogen) atoms. The van der Waals surface area contributed by atoms with Gasteiger partial charge < -0.3 is 29.2 Å². The minimum absolute atomic E-state index is 0.0542. The molecule has 12 nitrogen and oxygen atoms in total. The fourth-order valence-corrected chi connectivity index (χ4v) is 7.80. The molecule has 2 aromatic carbocycles. The molecule has 6 rings (SSSR count). The molecule has 3 heterocycles. The quantitative estimate of drug-likeness (QED) is 0.139. The van der Waals surface area contributed by atoms with Gasteiger partial charge in [-0.15, -0.1) is 0 Å². The number of hydrogen-bond donors (Lipinski definition) is 1. The maximum Gasteiger partial charge on any atom is 0.261 e. The van der Waals surface area contributed by atoms with Gasteiger partial charge in [-0.05, 0) is 61.9 Å². The van der Waals surface area contributed by atoms with Crippen LogP contribution in [-0.4, -0.2) is 76.0 Å². The average molecular weight is 766 g/mol. The second kappa shape index (κ2) is 16.6. The molecule has 1 N–H and O–H groups in total. The number of nitrogens with one attached hydrogen (secondary N) is 1. The molecule has 0 bridgehead atoms. The van der Waals surface area contributed by atoms with Crippen LogP contribution in [0.2, 0.25) is 0 Å². The molecule has 2 aliphatic rings. The maximum atomic E-state index is 14.5. The number of rotatable bonds is 15. The molecule has 15 heteroatoms. The van der Waals surface area contributed by atoms with E-state index in [1.165, 1.54) is 51.1 Å². The van der Waals surface area contributed by atoms with Crippen molar-refractivity contribution < 1.29 is 40.9 Å². The van der Waals surface area contributed by atoms with Gasteiger partial charge in [0.15, 0.2) is 5.03 Å². The second-order valence-corrected chi connectivity index (χ2v) is 15.4. The van der Waals surface area contributed by atoms with Crippen LogP contribution in [0.3, 0.4) is 0 Å². The van der Waals surface area contributed by atoms with E-state index in [0.717, 1.165) is 25.0 Å². The number of nitrogens with zero attached hydrogens (tertiary/aromatic N) is 4. The number of amides is 1. The van der Waals surface area contributed by atoms with E-state index < -0.39 is 21.9 Å². The Balaban J connectivity index is 1.31. The summed E-state index contributed by atoms with van der Waals surface area (Å²) in [7, 11) is 1.67. The van der Waals surface area contributed by atoms with Gasteiger partial charge in [0.05, 0.1) is 34.0 Å². The summed E-state index contributed by atoms with van der Waals surface area (Å²) in [6.07, 6.45) is 3.98.